The lowest BCUT2D eigenvalue weighted by Crippen LogP contribution is -1.83. The monoisotopic (exact) mass is 261 g/mol. The van der Waals surface area contributed by atoms with Crippen molar-refractivity contribution in [1.82, 2.24) is 15.0 Å². The maximum atomic E-state index is 10.1. The first kappa shape index (κ1) is 11.0. The minimum atomic E-state index is 0.275. The third-order valence-electron chi connectivity index (χ3n) is 3.44. The summed E-state index contributed by atoms with van der Waals surface area (Å²) in [6.45, 7) is 0. The van der Waals surface area contributed by atoms with E-state index in [1.807, 2.05) is 30.3 Å². The third-order valence-corrected chi connectivity index (χ3v) is 3.44. The Labute approximate surface area is 114 Å². The summed E-state index contributed by atoms with van der Waals surface area (Å²) in [6.07, 6.45) is 5.31. The zero-order chi connectivity index (χ0) is 13.5. The van der Waals surface area contributed by atoms with Gasteiger partial charge in [-0.2, -0.15) is 0 Å². The van der Waals surface area contributed by atoms with Crippen molar-refractivity contribution in [2.45, 2.75) is 0 Å². The molecule has 4 nitrogen and oxygen atoms in total. The molecule has 20 heavy (non-hydrogen) atoms. The van der Waals surface area contributed by atoms with Gasteiger partial charge in [-0.15, -0.1) is 0 Å². The Bertz CT molecular complexity index is 913. The molecule has 96 valence electrons. The van der Waals surface area contributed by atoms with Crippen LogP contribution in [-0.4, -0.2) is 20.1 Å². The number of aromatic amines is 1. The number of hydrogen-bond acceptors (Lipinski definition) is 3. The average molecular weight is 261 g/mol. The number of rotatable bonds is 1. The van der Waals surface area contributed by atoms with Gasteiger partial charge in [-0.1, -0.05) is 6.07 Å². The second-order valence-electron chi connectivity index (χ2n) is 4.68. The predicted octanol–water partition coefficient (Wildman–Crippen LogP) is 3.48. The summed E-state index contributed by atoms with van der Waals surface area (Å²) in [6, 6.07) is 11.3. The highest BCUT2D eigenvalue weighted by molar-refractivity contribution is 6.10. The highest BCUT2D eigenvalue weighted by atomic mass is 16.3. The van der Waals surface area contributed by atoms with E-state index in [-0.39, 0.29) is 5.75 Å². The van der Waals surface area contributed by atoms with Crippen molar-refractivity contribution in [3.8, 4) is 17.0 Å². The van der Waals surface area contributed by atoms with Gasteiger partial charge >= 0.3 is 0 Å². The number of pyridine rings is 2. The van der Waals surface area contributed by atoms with Crippen molar-refractivity contribution in [2.75, 3.05) is 0 Å². The van der Waals surface area contributed by atoms with Gasteiger partial charge < -0.3 is 10.1 Å². The van der Waals surface area contributed by atoms with Crippen molar-refractivity contribution >= 4 is 21.8 Å². The zero-order valence-corrected chi connectivity index (χ0v) is 10.5. The molecule has 4 rings (SSSR count). The van der Waals surface area contributed by atoms with E-state index in [0.29, 0.717) is 0 Å². The van der Waals surface area contributed by atoms with Gasteiger partial charge in [-0.25, -0.2) is 0 Å². The highest BCUT2D eigenvalue weighted by Crippen LogP contribution is 2.33. The van der Waals surface area contributed by atoms with Gasteiger partial charge in [0.1, 0.15) is 5.75 Å². The lowest BCUT2D eigenvalue weighted by molar-refractivity contribution is 0.482. The van der Waals surface area contributed by atoms with E-state index in [2.05, 4.69) is 15.0 Å². The largest absolute Gasteiger partial charge is 0.507 e. The average Bonchev–Trinajstić information content (AvgIpc) is 2.87. The summed E-state index contributed by atoms with van der Waals surface area (Å²) in [5.74, 6) is 0.275. The normalized spacial score (nSPS) is 11.2. The van der Waals surface area contributed by atoms with E-state index >= 15 is 0 Å². The van der Waals surface area contributed by atoms with Crippen LogP contribution in [0.15, 0.2) is 55.0 Å². The van der Waals surface area contributed by atoms with Gasteiger partial charge in [0.15, 0.2) is 0 Å². The minimum absolute atomic E-state index is 0.275. The molecule has 1 aromatic carbocycles. The summed E-state index contributed by atoms with van der Waals surface area (Å²) in [5.41, 5.74) is 3.62. The second kappa shape index (κ2) is 4.06. The molecule has 0 aliphatic heterocycles. The summed E-state index contributed by atoms with van der Waals surface area (Å²) >= 11 is 0. The van der Waals surface area contributed by atoms with Crippen LogP contribution < -0.4 is 0 Å². The molecule has 0 saturated heterocycles. The number of benzene rings is 1. The van der Waals surface area contributed by atoms with E-state index in [1.54, 1.807) is 24.7 Å². The van der Waals surface area contributed by atoms with Gasteiger partial charge in [0.05, 0.1) is 22.9 Å². The van der Waals surface area contributed by atoms with Crippen LogP contribution in [0.3, 0.4) is 0 Å². The summed E-state index contributed by atoms with van der Waals surface area (Å²) in [5, 5.41) is 11.9. The fourth-order valence-corrected chi connectivity index (χ4v) is 2.51. The van der Waals surface area contributed by atoms with E-state index in [9.17, 15) is 5.11 Å². The SMILES string of the molecule is Oc1cccc2[nH]c3cnc(-c4cccnc4)cc3c12. The topological polar surface area (TPSA) is 61.8 Å². The number of nitrogens with zero attached hydrogens (tertiary/aromatic N) is 2. The summed E-state index contributed by atoms with van der Waals surface area (Å²) in [4.78, 5) is 11.8. The Morgan fingerprint density at radius 3 is 2.80 bits per heavy atom. The standard InChI is InChI=1S/C16H11N3O/c20-15-5-1-4-12-16(15)11-7-13(18-9-14(11)19-12)10-3-2-6-17-8-10/h1-9,19-20H. The van der Waals surface area contributed by atoms with Crippen LogP contribution in [0, 0.1) is 0 Å². The number of hydrogen-bond donors (Lipinski definition) is 2. The Morgan fingerprint density at radius 2 is 1.95 bits per heavy atom. The molecular formula is C16H11N3O. The van der Waals surface area contributed by atoms with E-state index in [1.165, 1.54) is 0 Å². The number of aromatic nitrogens is 3. The van der Waals surface area contributed by atoms with Crippen molar-refractivity contribution in [3.63, 3.8) is 0 Å². The number of phenols is 1. The molecule has 4 heteroatoms. The van der Waals surface area contributed by atoms with Gasteiger partial charge in [0.25, 0.3) is 0 Å². The van der Waals surface area contributed by atoms with Gasteiger partial charge in [-0.05, 0) is 30.3 Å². The van der Waals surface area contributed by atoms with Crippen molar-refractivity contribution in [1.29, 1.82) is 0 Å². The van der Waals surface area contributed by atoms with Gasteiger partial charge in [0, 0.05) is 28.7 Å². The van der Waals surface area contributed by atoms with Gasteiger partial charge in [0.2, 0.25) is 0 Å². The zero-order valence-electron chi connectivity index (χ0n) is 10.5. The Balaban J connectivity index is 2.06. The minimum Gasteiger partial charge on any atom is -0.507 e. The maximum Gasteiger partial charge on any atom is 0.125 e. The lowest BCUT2D eigenvalue weighted by atomic mass is 10.1. The predicted molar refractivity (Wildman–Crippen MR) is 78.5 cm³/mol. The van der Waals surface area contributed by atoms with Crippen molar-refractivity contribution < 1.29 is 5.11 Å². The fraction of sp³-hybridized carbons (Fsp3) is 0. The van der Waals surface area contributed by atoms with Crippen LogP contribution >= 0.6 is 0 Å². The lowest BCUT2D eigenvalue weighted by Gasteiger charge is -2.00. The van der Waals surface area contributed by atoms with Crippen LogP contribution in [0.2, 0.25) is 0 Å². The summed E-state index contributed by atoms with van der Waals surface area (Å²) < 4.78 is 0. The smallest absolute Gasteiger partial charge is 0.125 e. The molecule has 0 atom stereocenters. The van der Waals surface area contributed by atoms with E-state index in [0.717, 1.165) is 33.1 Å². The van der Waals surface area contributed by atoms with Crippen LogP contribution in [-0.2, 0) is 0 Å². The molecular weight excluding hydrogens is 250 g/mol. The third kappa shape index (κ3) is 1.55. The number of H-pyrrole nitrogens is 1. The number of aromatic hydroxyl groups is 1. The molecule has 0 aliphatic carbocycles. The molecule has 0 radical (unpaired) electrons. The molecule has 3 heterocycles. The van der Waals surface area contributed by atoms with Crippen molar-refractivity contribution in [3.05, 3.63) is 55.0 Å². The Kier molecular flexibility index (Phi) is 2.23. The number of phenolic OH excluding ortho intramolecular Hbond substituents is 1. The highest BCUT2D eigenvalue weighted by Gasteiger charge is 2.10. The van der Waals surface area contributed by atoms with Crippen molar-refractivity contribution in [2.24, 2.45) is 0 Å². The van der Waals surface area contributed by atoms with Gasteiger partial charge in [-0.3, -0.25) is 9.97 Å². The quantitative estimate of drug-likeness (QED) is 0.551. The molecule has 0 aliphatic rings. The Hall–Kier alpha value is -2.88. The molecule has 0 fully saturated rings. The maximum absolute atomic E-state index is 10.1. The molecule has 0 amide bonds. The first-order chi connectivity index (χ1) is 9.83. The van der Waals surface area contributed by atoms with Crippen LogP contribution in [0.4, 0.5) is 0 Å². The molecule has 0 unspecified atom stereocenters. The first-order valence-electron chi connectivity index (χ1n) is 6.33. The first-order valence-corrected chi connectivity index (χ1v) is 6.33. The molecule has 3 aromatic heterocycles. The molecule has 0 spiro atoms. The second-order valence-corrected chi connectivity index (χ2v) is 4.68. The fourth-order valence-electron chi connectivity index (χ4n) is 2.51. The number of fused-ring (bicyclic) bond motifs is 3. The number of nitrogens with one attached hydrogen (secondary N) is 1. The Morgan fingerprint density at radius 1 is 1.00 bits per heavy atom. The summed E-state index contributed by atoms with van der Waals surface area (Å²) in [7, 11) is 0. The molecule has 0 saturated carbocycles. The molecule has 0 bridgehead atoms. The molecule has 4 aromatic rings. The van der Waals surface area contributed by atoms with E-state index < -0.39 is 0 Å². The van der Waals surface area contributed by atoms with Crippen LogP contribution in [0.25, 0.3) is 33.1 Å². The van der Waals surface area contributed by atoms with Crippen LogP contribution in [0.5, 0.6) is 5.75 Å². The molecule has 2 N–H and O–H groups in total. The van der Waals surface area contributed by atoms with Crippen LogP contribution in [0.1, 0.15) is 0 Å². The van der Waals surface area contributed by atoms with E-state index in [4.69, 9.17) is 0 Å².